The third-order valence-electron chi connectivity index (χ3n) is 2.95. The molecule has 0 saturated heterocycles. The summed E-state index contributed by atoms with van der Waals surface area (Å²) < 4.78 is 0. The average Bonchev–Trinajstić information content (AvgIpc) is 2.44. The fourth-order valence-electron chi connectivity index (χ4n) is 1.97. The Morgan fingerprint density at radius 2 is 1.89 bits per heavy atom. The van der Waals surface area contributed by atoms with Gasteiger partial charge in [0.1, 0.15) is 0 Å². The zero-order valence-electron chi connectivity index (χ0n) is 11.9. The van der Waals surface area contributed by atoms with E-state index >= 15 is 0 Å². The van der Waals surface area contributed by atoms with Gasteiger partial charge >= 0.3 is 0 Å². The van der Waals surface area contributed by atoms with Crippen molar-refractivity contribution in [2.45, 2.75) is 40.0 Å². The Morgan fingerprint density at radius 1 is 1.11 bits per heavy atom. The van der Waals surface area contributed by atoms with Crippen molar-refractivity contribution in [1.29, 1.82) is 0 Å². The summed E-state index contributed by atoms with van der Waals surface area (Å²) in [6.45, 7) is 7.16. The van der Waals surface area contributed by atoms with Crippen molar-refractivity contribution in [1.82, 2.24) is 0 Å². The quantitative estimate of drug-likeness (QED) is 0.775. The number of benzene rings is 1. The topological polar surface area (TPSA) is 12.0 Å². The van der Waals surface area contributed by atoms with E-state index in [1.165, 1.54) is 29.7 Å². The Kier molecular flexibility index (Phi) is 6.93. The van der Waals surface area contributed by atoms with Crippen molar-refractivity contribution in [3.05, 3.63) is 53.6 Å². The lowest BCUT2D eigenvalue weighted by Gasteiger charge is -2.11. The highest BCUT2D eigenvalue weighted by atomic mass is 14.9. The second kappa shape index (κ2) is 8.57. The summed E-state index contributed by atoms with van der Waals surface area (Å²) in [5.74, 6) is 0. The molecular formula is C17H25N. The molecule has 1 aromatic rings. The van der Waals surface area contributed by atoms with Crippen molar-refractivity contribution in [3.8, 4) is 0 Å². The Balaban J connectivity index is 0.000000771. The molecule has 0 unspecified atom stereocenters. The van der Waals surface area contributed by atoms with Crippen LogP contribution in [-0.2, 0) is 0 Å². The predicted molar refractivity (Wildman–Crippen MR) is 82.1 cm³/mol. The first-order valence-electron chi connectivity index (χ1n) is 7.01. The van der Waals surface area contributed by atoms with Crippen LogP contribution in [0.25, 0.3) is 0 Å². The van der Waals surface area contributed by atoms with E-state index < -0.39 is 0 Å². The standard InChI is InChI=1S/C15H19N.C2H6/c1-13-7-5-6-10-15(13)16-12-11-14-8-3-2-4-9-14;1-2/h3,5-10,16H,2,4,11-12H2,1H3;1-2H3. The fraction of sp³-hybridized carbons (Fsp3) is 0.412. The monoisotopic (exact) mass is 243 g/mol. The van der Waals surface area contributed by atoms with Gasteiger partial charge in [-0.3, -0.25) is 0 Å². The number of aryl methyl sites for hydroxylation is 1. The molecule has 0 atom stereocenters. The van der Waals surface area contributed by atoms with Gasteiger partial charge in [-0.05, 0) is 37.8 Å². The van der Waals surface area contributed by atoms with Gasteiger partial charge in [0.05, 0.1) is 0 Å². The van der Waals surface area contributed by atoms with Crippen molar-refractivity contribution < 1.29 is 0 Å². The predicted octanol–water partition coefficient (Wildman–Crippen LogP) is 5.10. The first kappa shape index (κ1) is 14.6. The van der Waals surface area contributed by atoms with E-state index in [2.05, 4.69) is 54.7 Å². The molecule has 0 bridgehead atoms. The van der Waals surface area contributed by atoms with Gasteiger partial charge in [0, 0.05) is 12.2 Å². The minimum Gasteiger partial charge on any atom is -0.384 e. The summed E-state index contributed by atoms with van der Waals surface area (Å²) in [6.07, 6.45) is 10.4. The molecule has 2 rings (SSSR count). The van der Waals surface area contributed by atoms with Crippen LogP contribution in [0.2, 0.25) is 0 Å². The number of allylic oxidation sites excluding steroid dienone is 3. The molecule has 1 N–H and O–H groups in total. The van der Waals surface area contributed by atoms with Crippen LogP contribution in [0.1, 0.15) is 38.7 Å². The van der Waals surface area contributed by atoms with Crippen LogP contribution < -0.4 is 5.32 Å². The first-order valence-corrected chi connectivity index (χ1v) is 7.01. The Morgan fingerprint density at radius 3 is 2.56 bits per heavy atom. The first-order chi connectivity index (χ1) is 8.86. The van der Waals surface area contributed by atoms with E-state index in [4.69, 9.17) is 0 Å². The summed E-state index contributed by atoms with van der Waals surface area (Å²) in [7, 11) is 0. The summed E-state index contributed by atoms with van der Waals surface area (Å²) in [4.78, 5) is 0. The molecule has 1 aliphatic rings. The van der Waals surface area contributed by atoms with Crippen LogP contribution in [0.3, 0.4) is 0 Å². The van der Waals surface area contributed by atoms with E-state index in [-0.39, 0.29) is 0 Å². The lowest BCUT2D eigenvalue weighted by atomic mass is 10.0. The van der Waals surface area contributed by atoms with E-state index in [1.54, 1.807) is 0 Å². The van der Waals surface area contributed by atoms with Crippen LogP contribution in [0.5, 0.6) is 0 Å². The third-order valence-corrected chi connectivity index (χ3v) is 2.95. The van der Waals surface area contributed by atoms with Crippen LogP contribution in [0, 0.1) is 6.92 Å². The molecule has 98 valence electrons. The Hall–Kier alpha value is -1.50. The average molecular weight is 243 g/mol. The summed E-state index contributed by atoms with van der Waals surface area (Å²) in [5, 5.41) is 3.49. The highest BCUT2D eigenvalue weighted by Gasteiger charge is 1.98. The van der Waals surface area contributed by atoms with E-state index in [9.17, 15) is 0 Å². The second-order valence-electron chi connectivity index (χ2n) is 4.25. The largest absolute Gasteiger partial charge is 0.384 e. The van der Waals surface area contributed by atoms with Crippen molar-refractivity contribution in [3.63, 3.8) is 0 Å². The van der Waals surface area contributed by atoms with E-state index in [0.717, 1.165) is 13.0 Å². The number of rotatable bonds is 4. The highest BCUT2D eigenvalue weighted by Crippen LogP contribution is 2.16. The summed E-state index contributed by atoms with van der Waals surface area (Å²) in [6, 6.07) is 8.44. The minimum absolute atomic E-state index is 1.01. The van der Waals surface area contributed by atoms with Gasteiger partial charge < -0.3 is 5.32 Å². The molecule has 0 spiro atoms. The van der Waals surface area contributed by atoms with Gasteiger partial charge in [0.15, 0.2) is 0 Å². The number of anilines is 1. The smallest absolute Gasteiger partial charge is 0.0369 e. The van der Waals surface area contributed by atoms with E-state index in [1.807, 2.05) is 13.8 Å². The molecule has 18 heavy (non-hydrogen) atoms. The molecule has 1 nitrogen and oxygen atoms in total. The maximum atomic E-state index is 3.49. The molecule has 0 aromatic heterocycles. The van der Waals surface area contributed by atoms with Gasteiger partial charge in [0.2, 0.25) is 0 Å². The number of hydrogen-bond acceptors (Lipinski definition) is 1. The van der Waals surface area contributed by atoms with Gasteiger partial charge in [-0.2, -0.15) is 0 Å². The number of nitrogens with one attached hydrogen (secondary N) is 1. The van der Waals surface area contributed by atoms with Crippen LogP contribution in [0.4, 0.5) is 5.69 Å². The SMILES string of the molecule is CC.Cc1ccccc1NCCC1=CCCC=C1. The maximum absolute atomic E-state index is 3.49. The molecule has 1 aromatic carbocycles. The molecule has 0 radical (unpaired) electrons. The Labute approximate surface area is 112 Å². The van der Waals surface area contributed by atoms with Crippen molar-refractivity contribution in [2.24, 2.45) is 0 Å². The molecule has 0 heterocycles. The summed E-state index contributed by atoms with van der Waals surface area (Å²) in [5.41, 5.74) is 4.03. The normalized spacial score (nSPS) is 13.4. The molecular weight excluding hydrogens is 218 g/mol. The third kappa shape index (κ3) is 4.79. The lowest BCUT2D eigenvalue weighted by Crippen LogP contribution is -2.04. The van der Waals surface area contributed by atoms with E-state index in [0.29, 0.717) is 0 Å². The molecule has 0 aliphatic heterocycles. The minimum atomic E-state index is 1.01. The van der Waals surface area contributed by atoms with Crippen molar-refractivity contribution >= 4 is 5.69 Å². The molecule has 0 amide bonds. The van der Waals surface area contributed by atoms with Gasteiger partial charge in [-0.25, -0.2) is 0 Å². The number of hydrogen-bond donors (Lipinski definition) is 1. The second-order valence-corrected chi connectivity index (χ2v) is 4.25. The highest BCUT2D eigenvalue weighted by molar-refractivity contribution is 5.50. The zero-order valence-corrected chi connectivity index (χ0v) is 11.9. The van der Waals surface area contributed by atoms with Crippen LogP contribution >= 0.6 is 0 Å². The van der Waals surface area contributed by atoms with Gasteiger partial charge in [-0.1, -0.05) is 55.8 Å². The Bertz CT molecular complexity index is 402. The fourth-order valence-corrected chi connectivity index (χ4v) is 1.97. The van der Waals surface area contributed by atoms with Crippen LogP contribution in [-0.4, -0.2) is 6.54 Å². The summed E-state index contributed by atoms with van der Waals surface area (Å²) >= 11 is 0. The lowest BCUT2D eigenvalue weighted by molar-refractivity contribution is 0.952. The zero-order chi connectivity index (χ0) is 13.2. The maximum Gasteiger partial charge on any atom is 0.0369 e. The molecule has 0 fully saturated rings. The molecule has 1 aliphatic carbocycles. The van der Waals surface area contributed by atoms with Gasteiger partial charge in [-0.15, -0.1) is 0 Å². The van der Waals surface area contributed by atoms with Crippen LogP contribution in [0.15, 0.2) is 48.1 Å². The number of para-hydroxylation sites is 1. The molecule has 0 saturated carbocycles. The van der Waals surface area contributed by atoms with Crippen molar-refractivity contribution in [2.75, 3.05) is 11.9 Å². The molecule has 1 heteroatoms. The van der Waals surface area contributed by atoms with Gasteiger partial charge in [0.25, 0.3) is 0 Å².